The molecular weight excluding hydrogens is 246 g/mol. The van der Waals surface area contributed by atoms with Gasteiger partial charge in [-0.15, -0.1) is 0 Å². The minimum absolute atomic E-state index is 0.188. The summed E-state index contributed by atoms with van der Waals surface area (Å²) in [6.45, 7) is 6.62. The summed E-state index contributed by atoms with van der Waals surface area (Å²) in [7, 11) is 1.39. The van der Waals surface area contributed by atoms with Crippen molar-refractivity contribution in [3.63, 3.8) is 0 Å². The standard InChI is InChI=1S/C13H25N3O3/c1-9(2)5-15-11-4-10(13(18)19-3)6-16(7-11)8-12(14)17/h9-11,15H,4-8H2,1-3H3,(H2,14,17). The number of nitrogens with one attached hydrogen (secondary N) is 1. The number of primary amides is 1. The lowest BCUT2D eigenvalue weighted by Crippen LogP contribution is -2.53. The Hall–Kier alpha value is -1.14. The Balaban J connectivity index is 2.60. The first-order valence-electron chi connectivity index (χ1n) is 6.74. The molecule has 0 aromatic carbocycles. The minimum Gasteiger partial charge on any atom is -0.469 e. The van der Waals surface area contributed by atoms with Crippen molar-refractivity contribution in [2.24, 2.45) is 17.6 Å². The Morgan fingerprint density at radius 3 is 2.63 bits per heavy atom. The highest BCUT2D eigenvalue weighted by Crippen LogP contribution is 2.18. The smallest absolute Gasteiger partial charge is 0.310 e. The second kappa shape index (κ2) is 7.45. The zero-order valence-electron chi connectivity index (χ0n) is 12.0. The largest absolute Gasteiger partial charge is 0.469 e. The molecular formula is C13H25N3O3. The summed E-state index contributed by atoms with van der Waals surface area (Å²) in [5, 5.41) is 3.43. The maximum Gasteiger partial charge on any atom is 0.310 e. The minimum atomic E-state index is -0.367. The molecule has 0 radical (unpaired) electrons. The van der Waals surface area contributed by atoms with Crippen LogP contribution in [0.4, 0.5) is 0 Å². The molecule has 2 unspecified atom stereocenters. The lowest BCUT2D eigenvalue weighted by Gasteiger charge is -2.36. The highest BCUT2D eigenvalue weighted by atomic mass is 16.5. The Labute approximate surface area is 114 Å². The third kappa shape index (κ3) is 5.57. The second-order valence-electron chi connectivity index (χ2n) is 5.62. The van der Waals surface area contributed by atoms with E-state index in [1.165, 1.54) is 7.11 Å². The molecule has 1 fully saturated rings. The summed E-state index contributed by atoms with van der Waals surface area (Å²) < 4.78 is 4.81. The Bertz CT molecular complexity index is 320. The molecule has 1 aliphatic rings. The zero-order chi connectivity index (χ0) is 14.4. The van der Waals surface area contributed by atoms with Gasteiger partial charge in [-0.2, -0.15) is 0 Å². The zero-order valence-corrected chi connectivity index (χ0v) is 12.0. The summed E-state index contributed by atoms with van der Waals surface area (Å²) in [5.74, 6) is -0.232. The van der Waals surface area contributed by atoms with Gasteiger partial charge in [0.25, 0.3) is 0 Å². The number of nitrogens with two attached hydrogens (primary N) is 1. The van der Waals surface area contributed by atoms with Crippen molar-refractivity contribution in [1.29, 1.82) is 0 Å². The molecule has 0 saturated carbocycles. The van der Waals surface area contributed by atoms with E-state index < -0.39 is 0 Å². The predicted octanol–water partition coefficient (Wildman–Crippen LogP) is -0.419. The van der Waals surface area contributed by atoms with Crippen LogP contribution in [0.3, 0.4) is 0 Å². The van der Waals surface area contributed by atoms with E-state index >= 15 is 0 Å². The van der Waals surface area contributed by atoms with Crippen LogP contribution in [0.1, 0.15) is 20.3 Å². The van der Waals surface area contributed by atoms with Crippen LogP contribution in [-0.2, 0) is 14.3 Å². The second-order valence-corrected chi connectivity index (χ2v) is 5.62. The third-order valence-electron chi connectivity index (χ3n) is 3.25. The van der Waals surface area contributed by atoms with Crippen molar-refractivity contribution >= 4 is 11.9 Å². The van der Waals surface area contributed by atoms with Crippen molar-refractivity contribution in [3.05, 3.63) is 0 Å². The van der Waals surface area contributed by atoms with Gasteiger partial charge in [-0.25, -0.2) is 0 Å². The molecule has 3 N–H and O–H groups in total. The Morgan fingerprint density at radius 1 is 1.42 bits per heavy atom. The molecule has 6 nitrogen and oxygen atoms in total. The van der Waals surface area contributed by atoms with E-state index in [2.05, 4.69) is 19.2 Å². The van der Waals surface area contributed by atoms with Gasteiger partial charge in [-0.05, 0) is 18.9 Å². The van der Waals surface area contributed by atoms with Gasteiger partial charge in [0.05, 0.1) is 19.6 Å². The Morgan fingerprint density at radius 2 is 2.11 bits per heavy atom. The number of ether oxygens (including phenoxy) is 1. The van der Waals surface area contributed by atoms with Crippen LogP contribution in [-0.4, -0.2) is 56.1 Å². The molecule has 110 valence electrons. The molecule has 0 spiro atoms. The summed E-state index contributed by atoms with van der Waals surface area (Å²) >= 11 is 0. The molecule has 0 aromatic heterocycles. The van der Waals surface area contributed by atoms with Gasteiger partial charge < -0.3 is 15.8 Å². The van der Waals surface area contributed by atoms with Crippen LogP contribution >= 0.6 is 0 Å². The predicted molar refractivity (Wildman–Crippen MR) is 72.4 cm³/mol. The fraction of sp³-hybridized carbons (Fsp3) is 0.846. The molecule has 1 saturated heterocycles. The first-order chi connectivity index (χ1) is 8.92. The van der Waals surface area contributed by atoms with Crippen LogP contribution < -0.4 is 11.1 Å². The number of methoxy groups -OCH3 is 1. The number of rotatable bonds is 6. The van der Waals surface area contributed by atoms with Gasteiger partial charge in [0, 0.05) is 19.1 Å². The van der Waals surface area contributed by atoms with E-state index in [1.807, 2.05) is 4.90 Å². The number of esters is 1. The van der Waals surface area contributed by atoms with E-state index in [4.69, 9.17) is 10.5 Å². The average Bonchev–Trinajstić information content (AvgIpc) is 2.34. The van der Waals surface area contributed by atoms with Crippen LogP contribution in [0.5, 0.6) is 0 Å². The first-order valence-corrected chi connectivity index (χ1v) is 6.74. The van der Waals surface area contributed by atoms with E-state index in [0.29, 0.717) is 12.5 Å². The number of amides is 1. The number of hydrogen-bond acceptors (Lipinski definition) is 5. The van der Waals surface area contributed by atoms with E-state index in [-0.39, 0.29) is 30.4 Å². The molecule has 6 heteroatoms. The fourth-order valence-electron chi connectivity index (χ4n) is 2.43. The van der Waals surface area contributed by atoms with Crippen LogP contribution in [0, 0.1) is 11.8 Å². The SMILES string of the molecule is COC(=O)C1CC(NCC(C)C)CN(CC(N)=O)C1. The van der Waals surface area contributed by atoms with Crippen LogP contribution in [0.2, 0.25) is 0 Å². The number of piperidine rings is 1. The maximum absolute atomic E-state index is 11.7. The normalized spacial score (nSPS) is 24.4. The number of carbonyl (C=O) groups excluding carboxylic acids is 2. The molecule has 0 bridgehead atoms. The van der Waals surface area contributed by atoms with Gasteiger partial charge in [0.2, 0.25) is 5.91 Å². The van der Waals surface area contributed by atoms with E-state index in [1.54, 1.807) is 0 Å². The van der Waals surface area contributed by atoms with Crippen LogP contribution in [0.15, 0.2) is 0 Å². The summed E-state index contributed by atoms with van der Waals surface area (Å²) in [5.41, 5.74) is 5.23. The van der Waals surface area contributed by atoms with Gasteiger partial charge in [-0.3, -0.25) is 14.5 Å². The molecule has 1 aliphatic heterocycles. The summed E-state index contributed by atoms with van der Waals surface area (Å²) in [4.78, 5) is 24.6. The quantitative estimate of drug-likeness (QED) is 0.641. The van der Waals surface area contributed by atoms with Crippen molar-refractivity contribution in [2.45, 2.75) is 26.3 Å². The third-order valence-corrected chi connectivity index (χ3v) is 3.25. The lowest BCUT2D eigenvalue weighted by molar-refractivity contribution is -0.148. The number of carbonyl (C=O) groups is 2. The Kier molecular flexibility index (Phi) is 6.24. The highest BCUT2D eigenvalue weighted by molar-refractivity contribution is 5.76. The molecule has 19 heavy (non-hydrogen) atoms. The van der Waals surface area contributed by atoms with Crippen molar-refractivity contribution in [3.8, 4) is 0 Å². The summed E-state index contributed by atoms with van der Waals surface area (Å²) in [6.07, 6.45) is 0.745. The van der Waals surface area contributed by atoms with Gasteiger partial charge in [-0.1, -0.05) is 13.8 Å². The van der Waals surface area contributed by atoms with Crippen LogP contribution in [0.25, 0.3) is 0 Å². The van der Waals surface area contributed by atoms with E-state index in [9.17, 15) is 9.59 Å². The van der Waals surface area contributed by atoms with Crippen molar-refractivity contribution in [2.75, 3.05) is 33.3 Å². The summed E-state index contributed by atoms with van der Waals surface area (Å²) in [6, 6.07) is 0.194. The van der Waals surface area contributed by atoms with Gasteiger partial charge >= 0.3 is 5.97 Å². The average molecular weight is 271 g/mol. The number of nitrogens with zero attached hydrogens (tertiary/aromatic N) is 1. The fourth-order valence-corrected chi connectivity index (χ4v) is 2.43. The molecule has 0 aliphatic carbocycles. The van der Waals surface area contributed by atoms with E-state index in [0.717, 1.165) is 19.5 Å². The highest BCUT2D eigenvalue weighted by Gasteiger charge is 2.32. The molecule has 0 aromatic rings. The number of likely N-dealkylation sites (tertiary alicyclic amines) is 1. The number of hydrogen-bond donors (Lipinski definition) is 2. The molecule has 1 amide bonds. The van der Waals surface area contributed by atoms with Crippen molar-refractivity contribution < 1.29 is 14.3 Å². The maximum atomic E-state index is 11.7. The monoisotopic (exact) mass is 271 g/mol. The molecule has 1 heterocycles. The van der Waals surface area contributed by atoms with Crippen molar-refractivity contribution in [1.82, 2.24) is 10.2 Å². The molecule has 2 atom stereocenters. The molecule has 1 rings (SSSR count). The topological polar surface area (TPSA) is 84.7 Å². The first kappa shape index (κ1) is 15.9. The van der Waals surface area contributed by atoms with Gasteiger partial charge in [0.1, 0.15) is 0 Å². The lowest BCUT2D eigenvalue weighted by atomic mass is 9.94. The van der Waals surface area contributed by atoms with Gasteiger partial charge in [0.15, 0.2) is 0 Å².